The van der Waals surface area contributed by atoms with Crippen molar-refractivity contribution in [2.45, 2.75) is 25.8 Å². The fourth-order valence-corrected chi connectivity index (χ4v) is 3.66. The van der Waals surface area contributed by atoms with Crippen molar-refractivity contribution >= 4 is 22.6 Å². The Bertz CT molecular complexity index is 692. The van der Waals surface area contributed by atoms with Crippen LogP contribution in [0.2, 0.25) is 0 Å². The third kappa shape index (κ3) is 3.27. The van der Waals surface area contributed by atoms with Crippen molar-refractivity contribution in [3.05, 3.63) is 41.7 Å². The number of anilines is 1. The average Bonchev–Trinajstić information content (AvgIpc) is 3.11. The van der Waals surface area contributed by atoms with Gasteiger partial charge in [-0.3, -0.25) is 4.79 Å². The topological polar surface area (TPSA) is 75.4 Å². The Balaban J connectivity index is 1.64. The fourth-order valence-electron chi connectivity index (χ4n) is 2.85. The monoisotopic (exact) mass is 345 g/mol. The van der Waals surface area contributed by atoms with E-state index in [0.717, 1.165) is 36.0 Å². The summed E-state index contributed by atoms with van der Waals surface area (Å²) in [5, 5.41) is 0.942. The third-order valence-corrected chi connectivity index (χ3v) is 5.24. The summed E-state index contributed by atoms with van der Waals surface area (Å²) in [5.74, 6) is 0.854. The zero-order chi connectivity index (χ0) is 17.2. The predicted molar refractivity (Wildman–Crippen MR) is 96.1 cm³/mol. The van der Waals surface area contributed by atoms with Gasteiger partial charge < -0.3 is 15.5 Å². The Kier molecular flexibility index (Phi) is 4.82. The van der Waals surface area contributed by atoms with Gasteiger partial charge in [0.1, 0.15) is 11.4 Å². The predicted octanol–water partition coefficient (Wildman–Crippen LogP) is 1.62. The molecule has 1 saturated heterocycles. The van der Waals surface area contributed by atoms with Gasteiger partial charge in [0, 0.05) is 44.1 Å². The second-order valence-electron chi connectivity index (χ2n) is 6.19. The molecule has 7 heteroatoms. The third-order valence-electron chi connectivity index (χ3n) is 4.43. The molecule has 1 atom stereocenters. The van der Waals surface area contributed by atoms with Crippen LogP contribution >= 0.6 is 11.5 Å². The molecule has 1 unspecified atom stereocenters. The molecule has 1 aromatic heterocycles. The molecular weight excluding hydrogens is 322 g/mol. The number of carbonyl (C=O) groups excluding carboxylic acids is 1. The minimum absolute atomic E-state index is 0.0279. The molecule has 1 fully saturated rings. The van der Waals surface area contributed by atoms with Crippen molar-refractivity contribution in [1.29, 1.82) is 0 Å². The highest BCUT2D eigenvalue weighted by Gasteiger charge is 2.36. The molecule has 2 aromatic rings. The highest BCUT2D eigenvalue weighted by molar-refractivity contribution is 7.09. The average molecular weight is 345 g/mol. The Labute approximate surface area is 146 Å². The van der Waals surface area contributed by atoms with E-state index < -0.39 is 5.54 Å². The summed E-state index contributed by atoms with van der Waals surface area (Å²) in [6.45, 7) is 6.66. The molecule has 0 bridgehead atoms. The Hall–Kier alpha value is -1.99. The van der Waals surface area contributed by atoms with E-state index in [4.69, 9.17) is 5.73 Å². The first kappa shape index (κ1) is 16.9. The summed E-state index contributed by atoms with van der Waals surface area (Å²) in [6, 6.07) is 9.55. The van der Waals surface area contributed by atoms with Crippen molar-refractivity contribution < 1.29 is 4.79 Å². The zero-order valence-corrected chi connectivity index (χ0v) is 14.9. The van der Waals surface area contributed by atoms with Crippen LogP contribution in [0.4, 0.5) is 5.13 Å². The van der Waals surface area contributed by atoms with E-state index in [1.54, 1.807) is 6.92 Å². The number of rotatable bonds is 4. The van der Waals surface area contributed by atoms with Crippen molar-refractivity contribution in [3.63, 3.8) is 0 Å². The van der Waals surface area contributed by atoms with Crippen LogP contribution in [0, 0.1) is 0 Å². The summed E-state index contributed by atoms with van der Waals surface area (Å²) in [7, 11) is 0. The van der Waals surface area contributed by atoms with Gasteiger partial charge in [0.2, 0.25) is 11.0 Å². The smallest absolute Gasteiger partial charge is 0.247 e. The molecule has 1 aliphatic rings. The van der Waals surface area contributed by atoms with E-state index in [9.17, 15) is 4.79 Å². The van der Waals surface area contributed by atoms with E-state index in [1.807, 2.05) is 42.2 Å². The number of nitrogens with zero attached hydrogens (tertiary/aromatic N) is 4. The molecule has 2 N–H and O–H groups in total. The van der Waals surface area contributed by atoms with Crippen molar-refractivity contribution in [1.82, 2.24) is 14.3 Å². The van der Waals surface area contributed by atoms with Crippen LogP contribution in [0.1, 0.15) is 25.2 Å². The quantitative estimate of drug-likeness (QED) is 0.911. The maximum absolute atomic E-state index is 12.9. The number of aryl methyl sites for hydroxylation is 1. The number of nitrogens with two attached hydrogens (primary N) is 1. The Morgan fingerprint density at radius 3 is 2.50 bits per heavy atom. The second kappa shape index (κ2) is 6.86. The molecule has 1 aromatic carbocycles. The van der Waals surface area contributed by atoms with Crippen LogP contribution < -0.4 is 10.6 Å². The highest BCUT2D eigenvalue weighted by Crippen LogP contribution is 2.23. The SMILES string of the molecule is CCc1nsc(N2CCN(C(=O)C(C)(N)c3ccccc3)CC2)n1. The minimum atomic E-state index is -0.998. The summed E-state index contributed by atoms with van der Waals surface area (Å²) in [5.41, 5.74) is 6.20. The first-order valence-corrected chi connectivity index (χ1v) is 9.01. The number of hydrogen-bond donors (Lipinski definition) is 1. The summed E-state index contributed by atoms with van der Waals surface area (Å²) >= 11 is 1.43. The largest absolute Gasteiger partial charge is 0.343 e. The van der Waals surface area contributed by atoms with E-state index in [-0.39, 0.29) is 5.91 Å². The van der Waals surface area contributed by atoms with E-state index in [2.05, 4.69) is 14.3 Å². The highest BCUT2D eigenvalue weighted by atomic mass is 32.1. The molecular formula is C17H23N5OS. The lowest BCUT2D eigenvalue weighted by atomic mass is 9.91. The van der Waals surface area contributed by atoms with Gasteiger partial charge in [-0.25, -0.2) is 4.98 Å². The van der Waals surface area contributed by atoms with Gasteiger partial charge in [-0.15, -0.1) is 0 Å². The Morgan fingerprint density at radius 2 is 1.92 bits per heavy atom. The molecule has 6 nitrogen and oxygen atoms in total. The van der Waals surface area contributed by atoms with Crippen LogP contribution in [0.15, 0.2) is 30.3 Å². The molecule has 1 amide bonds. The van der Waals surface area contributed by atoms with Crippen molar-refractivity contribution in [3.8, 4) is 0 Å². The molecule has 24 heavy (non-hydrogen) atoms. The van der Waals surface area contributed by atoms with Crippen LogP contribution in [0.5, 0.6) is 0 Å². The molecule has 0 aliphatic carbocycles. The maximum atomic E-state index is 12.9. The maximum Gasteiger partial charge on any atom is 0.247 e. The summed E-state index contributed by atoms with van der Waals surface area (Å²) < 4.78 is 4.33. The Morgan fingerprint density at radius 1 is 1.25 bits per heavy atom. The molecule has 0 radical (unpaired) electrons. The number of hydrogen-bond acceptors (Lipinski definition) is 6. The minimum Gasteiger partial charge on any atom is -0.343 e. The first-order chi connectivity index (χ1) is 11.5. The number of benzene rings is 1. The molecule has 0 saturated carbocycles. The van der Waals surface area contributed by atoms with Gasteiger partial charge in [0.25, 0.3) is 0 Å². The van der Waals surface area contributed by atoms with Gasteiger partial charge in [0.15, 0.2) is 0 Å². The molecule has 1 aliphatic heterocycles. The van der Waals surface area contributed by atoms with Gasteiger partial charge in [0.05, 0.1) is 0 Å². The number of carbonyl (C=O) groups is 1. The van der Waals surface area contributed by atoms with Crippen molar-refractivity contribution in [2.75, 3.05) is 31.1 Å². The lowest BCUT2D eigenvalue weighted by molar-refractivity contribution is -0.137. The van der Waals surface area contributed by atoms with Gasteiger partial charge in [-0.2, -0.15) is 4.37 Å². The van der Waals surface area contributed by atoms with E-state index in [0.29, 0.717) is 13.1 Å². The number of aromatic nitrogens is 2. The van der Waals surface area contributed by atoms with E-state index >= 15 is 0 Å². The summed E-state index contributed by atoms with van der Waals surface area (Å²) in [6.07, 6.45) is 0.845. The van der Waals surface area contributed by atoms with Gasteiger partial charge in [-0.05, 0) is 12.5 Å². The van der Waals surface area contributed by atoms with Gasteiger partial charge in [-0.1, -0.05) is 37.3 Å². The normalized spacial score (nSPS) is 17.6. The number of amides is 1. The lowest BCUT2D eigenvalue weighted by Gasteiger charge is -2.38. The van der Waals surface area contributed by atoms with Crippen LogP contribution in [0.3, 0.4) is 0 Å². The summed E-state index contributed by atoms with van der Waals surface area (Å²) in [4.78, 5) is 21.4. The zero-order valence-electron chi connectivity index (χ0n) is 14.1. The molecule has 2 heterocycles. The lowest BCUT2D eigenvalue weighted by Crippen LogP contribution is -2.56. The standard InChI is InChI=1S/C17H23N5OS/c1-3-14-19-16(24-20-14)22-11-9-21(10-12-22)15(23)17(2,18)13-7-5-4-6-8-13/h4-8H,3,9-12,18H2,1-2H3. The fraction of sp³-hybridized carbons (Fsp3) is 0.471. The van der Waals surface area contributed by atoms with E-state index in [1.165, 1.54) is 11.5 Å². The van der Waals surface area contributed by atoms with Crippen LogP contribution in [-0.4, -0.2) is 46.3 Å². The van der Waals surface area contributed by atoms with Crippen molar-refractivity contribution in [2.24, 2.45) is 5.73 Å². The van der Waals surface area contributed by atoms with Crippen LogP contribution in [-0.2, 0) is 16.8 Å². The molecule has 0 spiro atoms. The number of piperazine rings is 1. The first-order valence-electron chi connectivity index (χ1n) is 8.23. The van der Waals surface area contributed by atoms with Crippen LogP contribution in [0.25, 0.3) is 0 Å². The van der Waals surface area contributed by atoms with Gasteiger partial charge >= 0.3 is 0 Å². The molecule has 3 rings (SSSR count). The second-order valence-corrected chi connectivity index (χ2v) is 6.92. The molecule has 128 valence electrons.